The lowest BCUT2D eigenvalue weighted by atomic mass is 10.2. The van der Waals surface area contributed by atoms with Crippen molar-refractivity contribution < 1.29 is 9.13 Å². The minimum atomic E-state index is -0.271. The summed E-state index contributed by atoms with van der Waals surface area (Å²) in [5, 5.41) is 0. The van der Waals surface area contributed by atoms with Crippen LogP contribution in [0.4, 0.5) is 4.39 Å². The molecule has 0 aliphatic carbocycles. The van der Waals surface area contributed by atoms with Gasteiger partial charge in [0.05, 0.1) is 4.47 Å². The van der Waals surface area contributed by atoms with Gasteiger partial charge >= 0.3 is 0 Å². The van der Waals surface area contributed by atoms with Crippen LogP contribution in [0.2, 0.25) is 0 Å². The Morgan fingerprint density at radius 2 is 1.89 bits per heavy atom. The molecule has 0 aliphatic heterocycles. The number of pyridine rings is 1. The molecule has 94 valence electrons. The summed E-state index contributed by atoms with van der Waals surface area (Å²) in [5.41, 5.74) is 2.91. The van der Waals surface area contributed by atoms with Gasteiger partial charge in [-0.05, 0) is 71.6 Å². The Bertz CT molecular complexity index is 599. The van der Waals surface area contributed by atoms with Crippen molar-refractivity contribution in [1.29, 1.82) is 0 Å². The molecule has 0 radical (unpaired) electrons. The number of hydrogen-bond donors (Lipinski definition) is 0. The van der Waals surface area contributed by atoms with Crippen molar-refractivity contribution in [2.24, 2.45) is 0 Å². The first-order chi connectivity index (χ1) is 8.49. The minimum absolute atomic E-state index is 0.271. The number of benzene rings is 1. The lowest BCUT2D eigenvalue weighted by Gasteiger charge is -2.11. The molecule has 18 heavy (non-hydrogen) atoms. The van der Waals surface area contributed by atoms with E-state index in [2.05, 4.69) is 20.9 Å². The average Bonchev–Trinajstić information content (AvgIpc) is 2.33. The first-order valence-electron chi connectivity index (χ1n) is 5.54. The Balaban J connectivity index is 2.37. The smallest absolute Gasteiger partial charge is 0.233 e. The lowest BCUT2D eigenvalue weighted by Crippen LogP contribution is -1.95. The van der Waals surface area contributed by atoms with E-state index in [4.69, 9.17) is 4.74 Å². The fraction of sp³-hybridized carbons (Fsp3) is 0.214. The Kier molecular flexibility index (Phi) is 3.66. The third kappa shape index (κ3) is 2.53. The summed E-state index contributed by atoms with van der Waals surface area (Å²) in [4.78, 5) is 4.23. The van der Waals surface area contributed by atoms with Gasteiger partial charge in [-0.3, -0.25) is 0 Å². The van der Waals surface area contributed by atoms with E-state index in [1.165, 1.54) is 12.1 Å². The second kappa shape index (κ2) is 5.06. The molecule has 1 aromatic heterocycles. The zero-order valence-corrected chi connectivity index (χ0v) is 12.0. The van der Waals surface area contributed by atoms with Gasteiger partial charge in [0.15, 0.2) is 0 Å². The van der Waals surface area contributed by atoms with Crippen molar-refractivity contribution in [2.45, 2.75) is 20.8 Å². The van der Waals surface area contributed by atoms with Crippen LogP contribution >= 0.6 is 15.9 Å². The second-order valence-corrected chi connectivity index (χ2v) is 4.99. The maximum atomic E-state index is 13.0. The molecule has 0 bridgehead atoms. The standard InChI is InChI=1S/C14H13BrFNO/c1-8-6-11(16)4-5-12(8)18-14-13(15)10(3)9(2)7-17-14/h4-7H,1-3H3. The van der Waals surface area contributed by atoms with Crippen molar-refractivity contribution >= 4 is 15.9 Å². The number of nitrogens with zero attached hydrogens (tertiary/aromatic N) is 1. The van der Waals surface area contributed by atoms with E-state index in [9.17, 15) is 4.39 Å². The summed E-state index contributed by atoms with van der Waals surface area (Å²) >= 11 is 3.47. The highest BCUT2D eigenvalue weighted by molar-refractivity contribution is 9.10. The van der Waals surface area contributed by atoms with Crippen LogP contribution in [0.1, 0.15) is 16.7 Å². The zero-order chi connectivity index (χ0) is 13.3. The van der Waals surface area contributed by atoms with Gasteiger partial charge in [0.2, 0.25) is 5.88 Å². The van der Waals surface area contributed by atoms with Crippen molar-refractivity contribution in [1.82, 2.24) is 4.98 Å². The zero-order valence-electron chi connectivity index (χ0n) is 10.4. The fourth-order valence-corrected chi connectivity index (χ4v) is 2.04. The molecule has 1 heterocycles. The van der Waals surface area contributed by atoms with Gasteiger partial charge in [-0.15, -0.1) is 0 Å². The molecule has 0 saturated heterocycles. The fourth-order valence-electron chi connectivity index (χ4n) is 1.55. The lowest BCUT2D eigenvalue weighted by molar-refractivity contribution is 0.453. The van der Waals surface area contributed by atoms with E-state index in [0.717, 1.165) is 21.2 Å². The molecule has 0 unspecified atom stereocenters. The monoisotopic (exact) mass is 309 g/mol. The number of halogens is 2. The van der Waals surface area contributed by atoms with E-state index >= 15 is 0 Å². The number of hydrogen-bond acceptors (Lipinski definition) is 2. The summed E-state index contributed by atoms with van der Waals surface area (Å²) in [7, 11) is 0. The number of aryl methyl sites for hydroxylation is 2. The molecule has 0 aliphatic rings. The highest BCUT2D eigenvalue weighted by atomic mass is 79.9. The van der Waals surface area contributed by atoms with Crippen LogP contribution in [-0.4, -0.2) is 4.98 Å². The highest BCUT2D eigenvalue weighted by Gasteiger charge is 2.10. The van der Waals surface area contributed by atoms with Crippen molar-refractivity contribution in [3.8, 4) is 11.6 Å². The van der Waals surface area contributed by atoms with Crippen LogP contribution in [0.15, 0.2) is 28.9 Å². The molecule has 2 nitrogen and oxygen atoms in total. The quantitative estimate of drug-likeness (QED) is 0.802. The maximum Gasteiger partial charge on any atom is 0.233 e. The van der Waals surface area contributed by atoms with Gasteiger partial charge in [-0.25, -0.2) is 9.37 Å². The van der Waals surface area contributed by atoms with Crippen LogP contribution in [0, 0.1) is 26.6 Å². The van der Waals surface area contributed by atoms with E-state index in [1.54, 1.807) is 19.2 Å². The van der Waals surface area contributed by atoms with Crippen LogP contribution in [-0.2, 0) is 0 Å². The van der Waals surface area contributed by atoms with Gasteiger partial charge in [0.1, 0.15) is 11.6 Å². The van der Waals surface area contributed by atoms with E-state index in [1.807, 2.05) is 13.8 Å². The summed E-state index contributed by atoms with van der Waals surface area (Å²) in [6, 6.07) is 4.41. The summed E-state index contributed by atoms with van der Waals surface area (Å²) < 4.78 is 19.5. The number of aromatic nitrogens is 1. The maximum absolute atomic E-state index is 13.0. The average molecular weight is 310 g/mol. The molecule has 2 rings (SSSR count). The predicted molar refractivity (Wildman–Crippen MR) is 72.6 cm³/mol. The molecular formula is C14H13BrFNO. The van der Waals surface area contributed by atoms with Crippen molar-refractivity contribution in [3.63, 3.8) is 0 Å². The summed E-state index contributed by atoms with van der Waals surface area (Å²) in [6.07, 6.45) is 1.76. The molecule has 0 atom stereocenters. The van der Waals surface area contributed by atoms with Crippen molar-refractivity contribution in [2.75, 3.05) is 0 Å². The van der Waals surface area contributed by atoms with Crippen LogP contribution < -0.4 is 4.74 Å². The van der Waals surface area contributed by atoms with Gasteiger partial charge in [-0.1, -0.05) is 0 Å². The topological polar surface area (TPSA) is 22.1 Å². The van der Waals surface area contributed by atoms with Crippen molar-refractivity contribution in [3.05, 3.63) is 51.4 Å². The third-order valence-electron chi connectivity index (χ3n) is 2.83. The molecule has 0 N–H and O–H groups in total. The van der Waals surface area contributed by atoms with Crippen LogP contribution in [0.3, 0.4) is 0 Å². The second-order valence-electron chi connectivity index (χ2n) is 4.20. The highest BCUT2D eigenvalue weighted by Crippen LogP contribution is 2.32. The first-order valence-corrected chi connectivity index (χ1v) is 6.34. The number of ether oxygens (including phenoxy) is 1. The molecule has 0 fully saturated rings. The van der Waals surface area contributed by atoms with E-state index in [-0.39, 0.29) is 5.82 Å². The Morgan fingerprint density at radius 3 is 2.56 bits per heavy atom. The normalized spacial score (nSPS) is 10.5. The molecule has 2 aromatic rings. The largest absolute Gasteiger partial charge is 0.438 e. The molecule has 4 heteroatoms. The molecule has 0 amide bonds. The molecule has 0 spiro atoms. The Morgan fingerprint density at radius 1 is 1.17 bits per heavy atom. The van der Waals surface area contributed by atoms with Gasteiger partial charge in [0, 0.05) is 6.20 Å². The summed E-state index contributed by atoms with van der Waals surface area (Å²) in [6.45, 7) is 5.78. The van der Waals surface area contributed by atoms with Crippen LogP contribution in [0.25, 0.3) is 0 Å². The van der Waals surface area contributed by atoms with Gasteiger partial charge in [-0.2, -0.15) is 0 Å². The first kappa shape index (κ1) is 13.0. The minimum Gasteiger partial charge on any atom is -0.438 e. The van der Waals surface area contributed by atoms with Crippen LogP contribution in [0.5, 0.6) is 11.6 Å². The summed E-state index contributed by atoms with van der Waals surface area (Å²) in [5.74, 6) is 0.827. The van der Waals surface area contributed by atoms with E-state index in [0.29, 0.717) is 11.6 Å². The Hall–Kier alpha value is -1.42. The number of rotatable bonds is 2. The van der Waals surface area contributed by atoms with E-state index < -0.39 is 0 Å². The Labute approximate surface area is 114 Å². The molecular weight excluding hydrogens is 297 g/mol. The van der Waals surface area contributed by atoms with Gasteiger partial charge in [0.25, 0.3) is 0 Å². The molecule has 0 saturated carbocycles. The van der Waals surface area contributed by atoms with Gasteiger partial charge < -0.3 is 4.74 Å². The predicted octanol–water partition coefficient (Wildman–Crippen LogP) is 4.70. The molecule has 1 aromatic carbocycles. The third-order valence-corrected chi connectivity index (χ3v) is 3.76. The SMILES string of the molecule is Cc1cc(F)ccc1Oc1ncc(C)c(C)c1Br.